The van der Waals surface area contributed by atoms with E-state index in [4.69, 9.17) is 0 Å². The highest BCUT2D eigenvalue weighted by Gasteiger charge is 2.27. The van der Waals surface area contributed by atoms with E-state index in [1.54, 1.807) is 0 Å². The molecule has 0 radical (unpaired) electrons. The summed E-state index contributed by atoms with van der Waals surface area (Å²) in [6.45, 7) is 6.17. The summed E-state index contributed by atoms with van der Waals surface area (Å²) in [4.78, 5) is 12.4. The van der Waals surface area contributed by atoms with E-state index in [1.807, 2.05) is 0 Å². The highest BCUT2D eigenvalue weighted by molar-refractivity contribution is 5.85. The van der Waals surface area contributed by atoms with E-state index in [0.717, 1.165) is 42.4 Å². The molecule has 1 aromatic carbocycles. The van der Waals surface area contributed by atoms with Crippen LogP contribution in [-0.4, -0.2) is 17.0 Å². The Labute approximate surface area is 122 Å². The Morgan fingerprint density at radius 2 is 1.70 bits per heavy atom. The van der Waals surface area contributed by atoms with Crippen molar-refractivity contribution in [3.05, 3.63) is 34.4 Å². The third-order valence-corrected chi connectivity index (χ3v) is 4.62. The molecule has 0 aromatic heterocycles. The number of aliphatic hydroxyl groups excluding tert-OH is 1. The molecule has 1 atom stereocenters. The fourth-order valence-electron chi connectivity index (χ4n) is 3.48. The molecule has 0 amide bonds. The summed E-state index contributed by atoms with van der Waals surface area (Å²) in [6, 6.07) is 4.23. The van der Waals surface area contributed by atoms with E-state index < -0.39 is 6.10 Å². The van der Waals surface area contributed by atoms with Gasteiger partial charge < -0.3 is 5.11 Å². The Morgan fingerprint density at radius 3 is 2.25 bits per heavy atom. The first-order valence-electron chi connectivity index (χ1n) is 7.76. The topological polar surface area (TPSA) is 37.3 Å². The van der Waals surface area contributed by atoms with Crippen molar-refractivity contribution >= 4 is 5.78 Å². The van der Waals surface area contributed by atoms with Crippen LogP contribution in [0.15, 0.2) is 12.1 Å². The van der Waals surface area contributed by atoms with Gasteiger partial charge in [-0.15, -0.1) is 0 Å². The first-order chi connectivity index (χ1) is 9.49. The first-order valence-corrected chi connectivity index (χ1v) is 7.76. The summed E-state index contributed by atoms with van der Waals surface area (Å²) < 4.78 is 0. The Kier molecular flexibility index (Phi) is 4.98. The molecule has 0 spiro atoms. The molecule has 1 N–H and O–H groups in total. The van der Waals surface area contributed by atoms with E-state index in [2.05, 4.69) is 32.9 Å². The first kappa shape index (κ1) is 15.2. The van der Waals surface area contributed by atoms with Gasteiger partial charge in [0.2, 0.25) is 0 Å². The molecule has 20 heavy (non-hydrogen) atoms. The van der Waals surface area contributed by atoms with Crippen LogP contribution in [0.3, 0.4) is 0 Å². The number of hydrogen-bond acceptors (Lipinski definition) is 2. The van der Waals surface area contributed by atoms with Gasteiger partial charge in [-0.05, 0) is 56.2 Å². The molecule has 1 fully saturated rings. The number of rotatable bonds is 4. The Balaban J connectivity index is 2.07. The largest absolute Gasteiger partial charge is 0.385 e. The molecule has 1 aromatic rings. The van der Waals surface area contributed by atoms with E-state index >= 15 is 0 Å². The van der Waals surface area contributed by atoms with Gasteiger partial charge in [0, 0.05) is 6.42 Å². The number of aryl methyl sites for hydroxylation is 3. The van der Waals surface area contributed by atoms with Crippen molar-refractivity contribution < 1.29 is 9.90 Å². The zero-order valence-corrected chi connectivity index (χ0v) is 12.9. The highest BCUT2D eigenvalue weighted by atomic mass is 16.3. The lowest BCUT2D eigenvalue weighted by Gasteiger charge is -2.26. The Morgan fingerprint density at radius 1 is 1.15 bits per heavy atom. The number of carbonyl (C=O) groups is 1. The molecule has 0 aliphatic heterocycles. The van der Waals surface area contributed by atoms with Crippen molar-refractivity contribution in [2.24, 2.45) is 5.92 Å². The molecule has 0 bridgehead atoms. The number of Topliss-reactive ketones (excluding diaryl/α,β-unsaturated/α-hetero) is 1. The van der Waals surface area contributed by atoms with Crippen LogP contribution in [0.4, 0.5) is 0 Å². The van der Waals surface area contributed by atoms with E-state index in [-0.39, 0.29) is 11.7 Å². The van der Waals surface area contributed by atoms with Gasteiger partial charge in [0.1, 0.15) is 6.10 Å². The highest BCUT2D eigenvalue weighted by Crippen LogP contribution is 2.28. The van der Waals surface area contributed by atoms with Gasteiger partial charge in [-0.3, -0.25) is 4.79 Å². The minimum atomic E-state index is -0.768. The Bertz CT molecular complexity index is 461. The molecule has 1 aliphatic carbocycles. The van der Waals surface area contributed by atoms with Gasteiger partial charge in [0.25, 0.3) is 0 Å². The fourth-order valence-corrected chi connectivity index (χ4v) is 3.48. The van der Waals surface area contributed by atoms with Crippen molar-refractivity contribution in [2.75, 3.05) is 0 Å². The summed E-state index contributed by atoms with van der Waals surface area (Å²) in [6.07, 6.45) is 5.14. The average molecular weight is 274 g/mol. The second kappa shape index (κ2) is 6.53. The van der Waals surface area contributed by atoms with Crippen molar-refractivity contribution in [3.8, 4) is 0 Å². The van der Waals surface area contributed by atoms with Crippen LogP contribution in [0.2, 0.25) is 0 Å². The fraction of sp³-hybridized carbons (Fsp3) is 0.611. The van der Waals surface area contributed by atoms with E-state index in [9.17, 15) is 9.90 Å². The van der Waals surface area contributed by atoms with Gasteiger partial charge >= 0.3 is 0 Å². The molecular formula is C18H26O2. The van der Waals surface area contributed by atoms with Crippen molar-refractivity contribution in [1.29, 1.82) is 0 Å². The normalized spacial score (nSPS) is 18.0. The maximum Gasteiger partial charge on any atom is 0.165 e. The number of aliphatic hydroxyl groups is 1. The zero-order valence-electron chi connectivity index (χ0n) is 12.9. The number of benzene rings is 1. The lowest BCUT2D eigenvalue weighted by Crippen LogP contribution is -2.32. The van der Waals surface area contributed by atoms with Gasteiger partial charge in [0.15, 0.2) is 5.78 Å². The second-order valence-electron chi connectivity index (χ2n) is 6.36. The summed E-state index contributed by atoms with van der Waals surface area (Å²) in [5.41, 5.74) is 4.64. The predicted octanol–water partition coefficient (Wildman–Crippen LogP) is 3.66. The van der Waals surface area contributed by atoms with Crippen LogP contribution >= 0.6 is 0 Å². The van der Waals surface area contributed by atoms with Gasteiger partial charge in [0.05, 0.1) is 0 Å². The number of carbonyl (C=O) groups excluding carboxylic acids is 1. The molecule has 110 valence electrons. The van der Waals surface area contributed by atoms with Crippen LogP contribution in [0, 0.1) is 26.7 Å². The van der Waals surface area contributed by atoms with Crippen molar-refractivity contribution in [3.63, 3.8) is 0 Å². The minimum absolute atomic E-state index is 0.00745. The maximum absolute atomic E-state index is 12.4. The monoisotopic (exact) mass is 274 g/mol. The van der Waals surface area contributed by atoms with Gasteiger partial charge in [-0.2, -0.15) is 0 Å². The molecule has 2 heteroatoms. The van der Waals surface area contributed by atoms with Crippen molar-refractivity contribution in [2.45, 2.75) is 65.4 Å². The van der Waals surface area contributed by atoms with Crippen LogP contribution in [0.5, 0.6) is 0 Å². The molecule has 1 saturated carbocycles. The quantitative estimate of drug-likeness (QED) is 0.909. The lowest BCUT2D eigenvalue weighted by atomic mass is 9.82. The lowest BCUT2D eigenvalue weighted by molar-refractivity contribution is -0.129. The SMILES string of the molecule is Cc1cc(C)c(CC(=O)C(O)C2CCCCC2)c(C)c1. The van der Waals surface area contributed by atoms with Crippen LogP contribution in [0.1, 0.15) is 54.4 Å². The standard InChI is InChI=1S/C18H26O2/c1-12-9-13(2)16(14(3)10-12)11-17(19)18(20)15-7-5-4-6-8-15/h9-10,15,18,20H,4-8,11H2,1-3H3. The van der Waals surface area contributed by atoms with Crippen LogP contribution in [0.25, 0.3) is 0 Å². The second-order valence-corrected chi connectivity index (χ2v) is 6.36. The van der Waals surface area contributed by atoms with E-state index in [1.165, 1.54) is 12.0 Å². The number of hydrogen-bond donors (Lipinski definition) is 1. The third kappa shape index (κ3) is 3.49. The zero-order chi connectivity index (χ0) is 14.7. The van der Waals surface area contributed by atoms with Crippen LogP contribution < -0.4 is 0 Å². The minimum Gasteiger partial charge on any atom is -0.385 e. The molecule has 0 saturated heterocycles. The summed E-state index contributed by atoms with van der Waals surface area (Å²) in [5.74, 6) is 0.175. The van der Waals surface area contributed by atoms with Gasteiger partial charge in [-0.1, -0.05) is 37.0 Å². The summed E-state index contributed by atoms with van der Waals surface area (Å²) in [5, 5.41) is 10.3. The predicted molar refractivity (Wildman–Crippen MR) is 81.9 cm³/mol. The molecule has 1 aliphatic rings. The Hall–Kier alpha value is -1.15. The maximum atomic E-state index is 12.4. The third-order valence-electron chi connectivity index (χ3n) is 4.62. The molecule has 0 heterocycles. The molecule has 2 nitrogen and oxygen atoms in total. The molecule has 1 unspecified atom stereocenters. The molecule has 2 rings (SSSR count). The summed E-state index contributed by atoms with van der Waals surface area (Å²) in [7, 11) is 0. The van der Waals surface area contributed by atoms with E-state index in [0.29, 0.717) is 6.42 Å². The van der Waals surface area contributed by atoms with Crippen molar-refractivity contribution in [1.82, 2.24) is 0 Å². The average Bonchev–Trinajstić information content (AvgIpc) is 2.42. The molecular weight excluding hydrogens is 248 g/mol. The van der Waals surface area contributed by atoms with Crippen LogP contribution in [-0.2, 0) is 11.2 Å². The summed E-state index contributed by atoms with van der Waals surface area (Å²) >= 11 is 0. The smallest absolute Gasteiger partial charge is 0.165 e. The number of ketones is 1. The van der Waals surface area contributed by atoms with Gasteiger partial charge in [-0.25, -0.2) is 0 Å².